The molecule has 0 aliphatic heterocycles. The number of anilines is 1. The lowest BCUT2D eigenvalue weighted by Crippen LogP contribution is -2.12. The second kappa shape index (κ2) is 6.13. The summed E-state index contributed by atoms with van der Waals surface area (Å²) in [5, 5.41) is 20.6. The summed E-state index contributed by atoms with van der Waals surface area (Å²) in [4.78, 5) is 8.39. The van der Waals surface area contributed by atoms with Gasteiger partial charge in [-0.05, 0) is 18.2 Å². The Morgan fingerprint density at radius 2 is 1.81 bits per heavy atom. The van der Waals surface area contributed by atoms with Gasteiger partial charge in [0.05, 0.1) is 5.56 Å². The highest BCUT2D eigenvalue weighted by Gasteiger charge is 2.15. The predicted molar refractivity (Wildman–Crippen MR) is 95.2 cm³/mol. The number of fused-ring (bicyclic) bond motifs is 1. The molecule has 0 unspecified atom stereocenters. The van der Waals surface area contributed by atoms with Gasteiger partial charge in [-0.2, -0.15) is 0 Å². The average Bonchev–Trinajstić information content (AvgIpc) is 3.18. The van der Waals surface area contributed by atoms with Gasteiger partial charge in [-0.25, -0.2) is 4.98 Å². The van der Waals surface area contributed by atoms with Crippen LogP contribution in [0, 0.1) is 0 Å². The van der Waals surface area contributed by atoms with Crippen LogP contribution in [0.15, 0.2) is 58.4 Å². The Morgan fingerprint density at radius 3 is 2.58 bits per heavy atom. The lowest BCUT2D eigenvalue weighted by molar-refractivity contribution is 0.318. The first kappa shape index (κ1) is 15.5. The van der Waals surface area contributed by atoms with Crippen LogP contribution >= 0.6 is 0 Å². The Kier molecular flexibility index (Phi) is 3.66. The lowest BCUT2D eigenvalue weighted by Gasteiger charge is -2.03. The molecule has 128 valence electrons. The molecule has 1 aromatic carbocycles. The third-order valence-corrected chi connectivity index (χ3v) is 3.86. The lowest BCUT2D eigenvalue weighted by atomic mass is 10.1. The smallest absolute Gasteiger partial charge is 0.250 e. The Balaban J connectivity index is 1.74. The SMILES string of the molecule is N/C(=N\O)c1ccc(-c2nnc(-c3cnc(N)c4ncccc34)o2)cc1. The van der Waals surface area contributed by atoms with Crippen LogP contribution in [0.2, 0.25) is 0 Å². The molecule has 9 nitrogen and oxygen atoms in total. The second-order valence-corrected chi connectivity index (χ2v) is 5.43. The molecule has 4 rings (SSSR count). The molecule has 0 aliphatic carbocycles. The Labute approximate surface area is 147 Å². The normalized spacial score (nSPS) is 11.8. The van der Waals surface area contributed by atoms with Gasteiger partial charge in [-0.1, -0.05) is 23.4 Å². The zero-order valence-electron chi connectivity index (χ0n) is 13.4. The topological polar surface area (TPSA) is 149 Å². The number of amidine groups is 1. The van der Waals surface area contributed by atoms with Gasteiger partial charge in [-0.15, -0.1) is 10.2 Å². The summed E-state index contributed by atoms with van der Waals surface area (Å²) >= 11 is 0. The van der Waals surface area contributed by atoms with Gasteiger partial charge in [0, 0.05) is 28.9 Å². The van der Waals surface area contributed by atoms with Gasteiger partial charge in [0.15, 0.2) is 5.84 Å². The number of oxime groups is 1. The van der Waals surface area contributed by atoms with E-state index < -0.39 is 0 Å². The summed E-state index contributed by atoms with van der Waals surface area (Å²) in [6.07, 6.45) is 3.23. The van der Waals surface area contributed by atoms with Crippen LogP contribution in [-0.4, -0.2) is 31.2 Å². The van der Waals surface area contributed by atoms with E-state index in [2.05, 4.69) is 25.3 Å². The molecule has 0 bridgehead atoms. The maximum atomic E-state index is 8.71. The number of rotatable bonds is 3. The van der Waals surface area contributed by atoms with Crippen LogP contribution in [0.3, 0.4) is 0 Å². The van der Waals surface area contributed by atoms with Crippen LogP contribution in [0.5, 0.6) is 0 Å². The zero-order valence-corrected chi connectivity index (χ0v) is 13.4. The van der Waals surface area contributed by atoms with Crippen LogP contribution in [0.1, 0.15) is 5.56 Å². The van der Waals surface area contributed by atoms with E-state index in [0.717, 1.165) is 5.39 Å². The molecule has 3 aromatic heterocycles. The number of nitrogens with zero attached hydrogens (tertiary/aromatic N) is 5. The fourth-order valence-electron chi connectivity index (χ4n) is 2.55. The molecule has 0 aliphatic rings. The first-order valence-corrected chi connectivity index (χ1v) is 7.59. The van der Waals surface area contributed by atoms with E-state index >= 15 is 0 Å². The van der Waals surface area contributed by atoms with Gasteiger partial charge < -0.3 is 21.1 Å². The van der Waals surface area contributed by atoms with Crippen molar-refractivity contribution in [3.05, 3.63) is 54.4 Å². The molecule has 5 N–H and O–H groups in total. The molecule has 4 aromatic rings. The average molecular weight is 347 g/mol. The van der Waals surface area contributed by atoms with Crippen molar-refractivity contribution < 1.29 is 9.62 Å². The maximum absolute atomic E-state index is 8.71. The second-order valence-electron chi connectivity index (χ2n) is 5.43. The molecule has 0 radical (unpaired) electrons. The van der Waals surface area contributed by atoms with E-state index in [1.54, 1.807) is 42.7 Å². The van der Waals surface area contributed by atoms with Crippen molar-refractivity contribution in [2.75, 3.05) is 5.73 Å². The first-order valence-electron chi connectivity index (χ1n) is 7.59. The molecule has 26 heavy (non-hydrogen) atoms. The number of nitrogen functional groups attached to an aromatic ring is 1. The minimum atomic E-state index is 0.0229. The van der Waals surface area contributed by atoms with Gasteiger partial charge >= 0.3 is 0 Å². The Morgan fingerprint density at radius 1 is 1.04 bits per heavy atom. The minimum absolute atomic E-state index is 0.0229. The summed E-state index contributed by atoms with van der Waals surface area (Å²) in [6, 6.07) is 10.5. The molecule has 0 fully saturated rings. The standard InChI is InChI=1S/C17H13N7O2/c18-14(24-25)9-3-5-10(6-4-9)16-22-23-17(26-16)12-8-21-15(19)13-11(12)2-1-7-20-13/h1-8,25H,(H2,18,24)(H2,19,21). The number of nitrogens with two attached hydrogens (primary N) is 2. The van der Waals surface area contributed by atoms with Crippen LogP contribution in [0.4, 0.5) is 5.82 Å². The molecule has 0 saturated heterocycles. The van der Waals surface area contributed by atoms with E-state index in [1.807, 2.05) is 6.07 Å². The number of aromatic nitrogens is 4. The van der Waals surface area contributed by atoms with Crippen molar-refractivity contribution in [2.45, 2.75) is 0 Å². The molecule has 3 heterocycles. The van der Waals surface area contributed by atoms with E-state index in [4.69, 9.17) is 21.1 Å². The fourth-order valence-corrected chi connectivity index (χ4v) is 2.55. The van der Waals surface area contributed by atoms with Crippen molar-refractivity contribution in [3.63, 3.8) is 0 Å². The van der Waals surface area contributed by atoms with Gasteiger partial charge in [0.1, 0.15) is 11.3 Å². The van der Waals surface area contributed by atoms with Crippen molar-refractivity contribution in [1.82, 2.24) is 20.2 Å². The van der Waals surface area contributed by atoms with Crippen molar-refractivity contribution in [1.29, 1.82) is 0 Å². The number of hydrogen-bond donors (Lipinski definition) is 3. The molecule has 9 heteroatoms. The van der Waals surface area contributed by atoms with Crippen molar-refractivity contribution >= 4 is 22.6 Å². The third kappa shape index (κ3) is 2.57. The van der Waals surface area contributed by atoms with E-state index in [0.29, 0.717) is 39.8 Å². The highest BCUT2D eigenvalue weighted by atomic mass is 16.4. The first-order chi connectivity index (χ1) is 12.7. The number of benzene rings is 1. The van der Waals surface area contributed by atoms with Gasteiger partial charge in [0.2, 0.25) is 11.8 Å². The van der Waals surface area contributed by atoms with Crippen LogP contribution in [0.25, 0.3) is 33.8 Å². The third-order valence-electron chi connectivity index (χ3n) is 3.86. The Hall–Kier alpha value is -4.01. The highest BCUT2D eigenvalue weighted by Crippen LogP contribution is 2.30. The highest BCUT2D eigenvalue weighted by molar-refractivity contribution is 5.98. The monoisotopic (exact) mass is 347 g/mol. The molecule has 0 spiro atoms. The number of pyridine rings is 2. The maximum Gasteiger partial charge on any atom is 0.250 e. The number of hydrogen-bond acceptors (Lipinski definition) is 8. The summed E-state index contributed by atoms with van der Waals surface area (Å²) in [7, 11) is 0. The molecule has 0 saturated carbocycles. The van der Waals surface area contributed by atoms with Crippen molar-refractivity contribution in [3.8, 4) is 22.9 Å². The summed E-state index contributed by atoms with van der Waals surface area (Å²) in [6.45, 7) is 0. The van der Waals surface area contributed by atoms with E-state index in [-0.39, 0.29) is 5.84 Å². The molecule has 0 amide bonds. The summed E-state index contributed by atoms with van der Waals surface area (Å²) in [5.74, 6) is 1.00. The zero-order chi connectivity index (χ0) is 18.1. The largest absolute Gasteiger partial charge is 0.416 e. The Bertz CT molecular complexity index is 1120. The van der Waals surface area contributed by atoms with Gasteiger partial charge in [0.25, 0.3) is 0 Å². The summed E-state index contributed by atoms with van der Waals surface area (Å²) < 4.78 is 5.79. The van der Waals surface area contributed by atoms with Crippen molar-refractivity contribution in [2.24, 2.45) is 10.9 Å². The van der Waals surface area contributed by atoms with Crippen LogP contribution in [-0.2, 0) is 0 Å². The van der Waals surface area contributed by atoms with E-state index in [9.17, 15) is 0 Å². The van der Waals surface area contributed by atoms with E-state index in [1.165, 1.54) is 0 Å². The van der Waals surface area contributed by atoms with Gasteiger partial charge in [-0.3, -0.25) is 4.98 Å². The summed E-state index contributed by atoms with van der Waals surface area (Å²) in [5.41, 5.74) is 13.9. The molecular formula is C17H13N7O2. The fraction of sp³-hybridized carbons (Fsp3) is 0. The molecular weight excluding hydrogens is 334 g/mol. The van der Waals surface area contributed by atoms with Crippen LogP contribution < -0.4 is 11.5 Å². The minimum Gasteiger partial charge on any atom is -0.416 e. The predicted octanol–water partition coefficient (Wildman–Crippen LogP) is 2.02. The quantitative estimate of drug-likeness (QED) is 0.220. The molecule has 0 atom stereocenters.